The van der Waals surface area contributed by atoms with Gasteiger partial charge in [0.15, 0.2) is 0 Å². The third kappa shape index (κ3) is 2.99. The highest BCUT2D eigenvalue weighted by molar-refractivity contribution is 7.16. The van der Waals surface area contributed by atoms with Gasteiger partial charge >= 0.3 is 0 Å². The maximum Gasteiger partial charge on any atom is 0.227 e. The molecule has 0 bridgehead atoms. The van der Waals surface area contributed by atoms with E-state index in [-0.39, 0.29) is 5.91 Å². The highest BCUT2D eigenvalue weighted by Crippen LogP contribution is 2.30. The van der Waals surface area contributed by atoms with Crippen LogP contribution in [0.4, 0.5) is 11.5 Å². The van der Waals surface area contributed by atoms with Crippen LogP contribution in [0.25, 0.3) is 21.1 Å². The molecule has 0 aliphatic heterocycles. The predicted octanol–water partition coefficient (Wildman–Crippen LogP) is 4.37. The van der Waals surface area contributed by atoms with Gasteiger partial charge in [0.25, 0.3) is 0 Å². The number of thiazole rings is 1. The van der Waals surface area contributed by atoms with Crippen molar-refractivity contribution in [2.75, 3.05) is 10.6 Å². The van der Waals surface area contributed by atoms with Crippen LogP contribution in [0.2, 0.25) is 0 Å². The molecule has 6 heteroatoms. The first-order valence-electron chi connectivity index (χ1n) is 8.43. The topological polar surface area (TPSA) is 72.1 Å². The van der Waals surface area contributed by atoms with E-state index < -0.39 is 0 Å². The Morgan fingerprint density at radius 3 is 2.88 bits per heavy atom. The molecule has 0 fully saturated rings. The van der Waals surface area contributed by atoms with Crippen molar-refractivity contribution in [3.63, 3.8) is 0 Å². The SMILES string of the molecule is CCC(=O)N(Cc1ccc2ccc(N)nc2c1)c1cccc2scnc12. The molecule has 0 radical (unpaired) electrons. The molecule has 0 saturated heterocycles. The number of rotatable bonds is 4. The highest BCUT2D eigenvalue weighted by atomic mass is 32.1. The monoisotopic (exact) mass is 362 g/mol. The molecular formula is C20H18N4OS. The molecule has 4 aromatic rings. The van der Waals surface area contributed by atoms with Crippen molar-refractivity contribution < 1.29 is 4.79 Å². The summed E-state index contributed by atoms with van der Waals surface area (Å²) in [6, 6.07) is 15.7. The molecule has 0 atom stereocenters. The fraction of sp³-hybridized carbons (Fsp3) is 0.150. The van der Waals surface area contributed by atoms with E-state index in [1.165, 1.54) is 0 Å². The number of para-hydroxylation sites is 1. The van der Waals surface area contributed by atoms with Crippen molar-refractivity contribution in [1.82, 2.24) is 9.97 Å². The summed E-state index contributed by atoms with van der Waals surface area (Å²) in [6.45, 7) is 2.34. The van der Waals surface area contributed by atoms with Crippen molar-refractivity contribution >= 4 is 49.9 Å². The Morgan fingerprint density at radius 2 is 2.04 bits per heavy atom. The van der Waals surface area contributed by atoms with E-state index in [2.05, 4.69) is 9.97 Å². The Balaban J connectivity index is 1.76. The fourth-order valence-corrected chi connectivity index (χ4v) is 3.74. The third-order valence-corrected chi connectivity index (χ3v) is 5.15. The van der Waals surface area contributed by atoms with Gasteiger partial charge in [0, 0.05) is 11.8 Å². The summed E-state index contributed by atoms with van der Waals surface area (Å²) in [5.41, 5.74) is 11.2. The fourth-order valence-electron chi connectivity index (χ4n) is 3.05. The minimum absolute atomic E-state index is 0.0612. The lowest BCUT2D eigenvalue weighted by atomic mass is 10.1. The zero-order valence-electron chi connectivity index (χ0n) is 14.3. The number of nitrogen functional groups attached to an aromatic ring is 1. The first-order chi connectivity index (χ1) is 12.7. The summed E-state index contributed by atoms with van der Waals surface area (Å²) < 4.78 is 1.07. The first kappa shape index (κ1) is 16.5. The first-order valence-corrected chi connectivity index (χ1v) is 9.31. The van der Waals surface area contributed by atoms with Gasteiger partial charge < -0.3 is 10.6 Å². The Hall–Kier alpha value is -2.99. The van der Waals surface area contributed by atoms with Crippen LogP contribution in [-0.2, 0) is 11.3 Å². The quantitative estimate of drug-likeness (QED) is 0.585. The number of anilines is 2. The maximum atomic E-state index is 12.7. The minimum Gasteiger partial charge on any atom is -0.384 e. The summed E-state index contributed by atoms with van der Waals surface area (Å²) in [7, 11) is 0. The Bertz CT molecular complexity index is 1110. The molecule has 2 aromatic heterocycles. The molecule has 0 spiro atoms. The molecule has 0 unspecified atom stereocenters. The molecule has 2 N–H and O–H groups in total. The largest absolute Gasteiger partial charge is 0.384 e. The van der Waals surface area contributed by atoms with Crippen molar-refractivity contribution in [3.8, 4) is 0 Å². The molecule has 5 nitrogen and oxygen atoms in total. The van der Waals surface area contributed by atoms with E-state index in [9.17, 15) is 4.79 Å². The van der Waals surface area contributed by atoms with Crippen LogP contribution >= 0.6 is 11.3 Å². The van der Waals surface area contributed by atoms with Gasteiger partial charge in [0.1, 0.15) is 11.3 Å². The Kier molecular flexibility index (Phi) is 4.26. The summed E-state index contributed by atoms with van der Waals surface area (Å²) in [4.78, 5) is 23.3. The van der Waals surface area contributed by atoms with Gasteiger partial charge in [-0.25, -0.2) is 9.97 Å². The molecule has 26 heavy (non-hydrogen) atoms. The maximum absolute atomic E-state index is 12.7. The normalized spacial score (nSPS) is 11.1. The van der Waals surface area contributed by atoms with Gasteiger partial charge in [0.2, 0.25) is 5.91 Å². The Morgan fingerprint density at radius 1 is 1.19 bits per heavy atom. The average Bonchev–Trinajstić information content (AvgIpc) is 3.14. The van der Waals surface area contributed by atoms with Crippen LogP contribution in [0, 0.1) is 0 Å². The average molecular weight is 362 g/mol. The van der Waals surface area contributed by atoms with E-state index in [0.717, 1.165) is 32.4 Å². The number of pyridine rings is 1. The molecule has 2 heterocycles. The molecule has 2 aromatic carbocycles. The second kappa shape index (κ2) is 6.72. The van der Waals surface area contributed by atoms with Crippen molar-refractivity contribution in [2.24, 2.45) is 0 Å². The van der Waals surface area contributed by atoms with Gasteiger partial charge in [-0.3, -0.25) is 4.79 Å². The molecule has 0 aliphatic rings. The smallest absolute Gasteiger partial charge is 0.227 e. The lowest BCUT2D eigenvalue weighted by molar-refractivity contribution is -0.118. The van der Waals surface area contributed by atoms with Gasteiger partial charge in [-0.15, -0.1) is 11.3 Å². The molecule has 0 aliphatic carbocycles. The number of hydrogen-bond donors (Lipinski definition) is 1. The lowest BCUT2D eigenvalue weighted by Gasteiger charge is -2.23. The van der Waals surface area contributed by atoms with Crippen LogP contribution in [0.3, 0.4) is 0 Å². The van der Waals surface area contributed by atoms with E-state index >= 15 is 0 Å². The molecule has 4 rings (SSSR count). The number of hydrogen-bond acceptors (Lipinski definition) is 5. The molecule has 0 saturated carbocycles. The number of benzene rings is 2. The van der Waals surface area contributed by atoms with E-state index in [0.29, 0.717) is 18.8 Å². The minimum atomic E-state index is 0.0612. The number of aromatic nitrogens is 2. The lowest BCUT2D eigenvalue weighted by Crippen LogP contribution is -2.29. The number of carbonyl (C=O) groups is 1. The van der Waals surface area contributed by atoms with Gasteiger partial charge in [-0.1, -0.05) is 25.1 Å². The second-order valence-corrected chi connectivity index (χ2v) is 6.96. The van der Waals surface area contributed by atoms with Gasteiger partial charge in [-0.2, -0.15) is 0 Å². The number of nitrogens with zero attached hydrogens (tertiary/aromatic N) is 3. The van der Waals surface area contributed by atoms with Crippen LogP contribution in [-0.4, -0.2) is 15.9 Å². The third-order valence-electron chi connectivity index (χ3n) is 4.35. The number of nitrogens with two attached hydrogens (primary N) is 1. The molecule has 130 valence electrons. The van der Waals surface area contributed by atoms with Crippen LogP contribution in [0.15, 0.2) is 54.0 Å². The molecular weight excluding hydrogens is 344 g/mol. The van der Waals surface area contributed by atoms with Crippen molar-refractivity contribution in [3.05, 3.63) is 59.6 Å². The zero-order valence-corrected chi connectivity index (χ0v) is 15.2. The van der Waals surface area contributed by atoms with Crippen LogP contribution in [0.1, 0.15) is 18.9 Å². The number of carbonyl (C=O) groups excluding carboxylic acids is 1. The van der Waals surface area contributed by atoms with Crippen LogP contribution < -0.4 is 10.6 Å². The van der Waals surface area contributed by atoms with Gasteiger partial charge in [-0.05, 0) is 35.9 Å². The summed E-state index contributed by atoms with van der Waals surface area (Å²) in [5, 5.41) is 1.03. The predicted molar refractivity (Wildman–Crippen MR) is 107 cm³/mol. The standard InChI is InChI=1S/C20H18N4OS/c1-2-19(25)24(16-4-3-5-17-20(16)22-12-26-17)11-13-6-7-14-8-9-18(21)23-15(14)10-13/h3-10,12H,2,11H2,1H3,(H2,21,23). The second-order valence-electron chi connectivity index (χ2n) is 6.07. The van der Waals surface area contributed by atoms with E-state index in [1.807, 2.05) is 54.9 Å². The van der Waals surface area contributed by atoms with Crippen molar-refractivity contribution in [1.29, 1.82) is 0 Å². The number of amides is 1. The summed E-state index contributed by atoms with van der Waals surface area (Å²) in [6.07, 6.45) is 0.430. The van der Waals surface area contributed by atoms with Crippen molar-refractivity contribution in [2.45, 2.75) is 19.9 Å². The Labute approximate surface area is 155 Å². The molecule has 1 amide bonds. The van der Waals surface area contributed by atoms with Crippen LogP contribution in [0.5, 0.6) is 0 Å². The number of fused-ring (bicyclic) bond motifs is 2. The van der Waals surface area contributed by atoms with E-state index in [4.69, 9.17) is 5.73 Å². The van der Waals surface area contributed by atoms with E-state index in [1.54, 1.807) is 22.3 Å². The van der Waals surface area contributed by atoms with Gasteiger partial charge in [0.05, 0.1) is 28.0 Å². The summed E-state index contributed by atoms with van der Waals surface area (Å²) >= 11 is 1.58. The highest BCUT2D eigenvalue weighted by Gasteiger charge is 2.18. The summed E-state index contributed by atoms with van der Waals surface area (Å²) in [5.74, 6) is 0.550. The zero-order chi connectivity index (χ0) is 18.1.